The molecule has 6 nitrogen and oxygen atoms in total. The van der Waals surface area contributed by atoms with Crippen molar-refractivity contribution in [2.45, 2.75) is 31.8 Å². The Morgan fingerprint density at radius 3 is 2.69 bits per heavy atom. The van der Waals surface area contributed by atoms with Crippen LogP contribution in [-0.2, 0) is 12.8 Å². The van der Waals surface area contributed by atoms with Crippen molar-refractivity contribution in [3.05, 3.63) is 53.4 Å². The van der Waals surface area contributed by atoms with Crippen LogP contribution in [0, 0.1) is 11.6 Å². The second-order valence-electron chi connectivity index (χ2n) is 7.59. The first-order valence-electron chi connectivity index (χ1n) is 10.1. The van der Waals surface area contributed by atoms with Gasteiger partial charge in [-0.05, 0) is 25.1 Å². The molecule has 1 fully saturated rings. The quantitative estimate of drug-likeness (QED) is 0.734. The highest BCUT2D eigenvalue weighted by atomic mass is 19.2. The van der Waals surface area contributed by atoms with Crippen LogP contribution < -0.4 is 15.0 Å². The summed E-state index contributed by atoms with van der Waals surface area (Å²) in [6.07, 6.45) is 5.22. The number of benzene rings is 1. The third kappa shape index (κ3) is 3.53. The van der Waals surface area contributed by atoms with Crippen LogP contribution >= 0.6 is 0 Å². The van der Waals surface area contributed by atoms with E-state index in [9.17, 15) is 8.78 Å². The first kappa shape index (κ1) is 18.3. The molecular weight excluding hydrogens is 376 g/mol. The average Bonchev–Trinajstić information content (AvgIpc) is 3.06. The maximum Gasteiger partial charge on any atom is 0.162 e. The minimum Gasteiger partial charge on any atom is -0.490 e. The summed E-state index contributed by atoms with van der Waals surface area (Å²) in [6.45, 7) is 3.50. The molecule has 3 aromatic rings. The number of hydrogen-bond acceptors (Lipinski definition) is 5. The van der Waals surface area contributed by atoms with Crippen LogP contribution in [0.5, 0.6) is 5.75 Å². The largest absolute Gasteiger partial charge is 0.490 e. The van der Waals surface area contributed by atoms with E-state index in [-0.39, 0.29) is 6.10 Å². The van der Waals surface area contributed by atoms with E-state index < -0.39 is 11.6 Å². The Labute approximate surface area is 167 Å². The van der Waals surface area contributed by atoms with Crippen molar-refractivity contribution in [2.75, 3.05) is 31.1 Å². The molecule has 8 heteroatoms. The lowest BCUT2D eigenvalue weighted by Crippen LogP contribution is -2.40. The maximum atomic E-state index is 13.4. The van der Waals surface area contributed by atoms with Gasteiger partial charge in [0.1, 0.15) is 17.7 Å². The van der Waals surface area contributed by atoms with Crippen LogP contribution in [0.4, 0.5) is 14.6 Å². The molecular formula is C21H23F2N5O. The molecule has 0 amide bonds. The number of piperidine rings is 1. The monoisotopic (exact) mass is 399 g/mol. The van der Waals surface area contributed by atoms with E-state index in [0.29, 0.717) is 5.75 Å². The van der Waals surface area contributed by atoms with Crippen LogP contribution in [0.1, 0.15) is 24.1 Å². The van der Waals surface area contributed by atoms with E-state index in [2.05, 4.69) is 15.3 Å². The Bertz CT molecular complexity index is 1030. The topological polar surface area (TPSA) is 54.7 Å². The first-order chi connectivity index (χ1) is 14.2. The van der Waals surface area contributed by atoms with Crippen molar-refractivity contribution in [1.82, 2.24) is 19.9 Å². The van der Waals surface area contributed by atoms with E-state index >= 15 is 0 Å². The van der Waals surface area contributed by atoms with Gasteiger partial charge in [-0.2, -0.15) is 9.61 Å². The van der Waals surface area contributed by atoms with Gasteiger partial charge in [0.05, 0.1) is 11.9 Å². The first-order valence-corrected chi connectivity index (χ1v) is 10.1. The molecule has 152 valence electrons. The highest BCUT2D eigenvalue weighted by Gasteiger charge is 2.27. The van der Waals surface area contributed by atoms with Gasteiger partial charge in [0.2, 0.25) is 0 Å². The molecule has 0 unspecified atom stereocenters. The predicted octanol–water partition coefficient (Wildman–Crippen LogP) is 2.74. The summed E-state index contributed by atoms with van der Waals surface area (Å²) in [6, 6.07) is 5.65. The summed E-state index contributed by atoms with van der Waals surface area (Å²) in [5.74, 6) is -0.233. The lowest BCUT2D eigenvalue weighted by atomic mass is 10.0. The molecule has 4 heterocycles. The summed E-state index contributed by atoms with van der Waals surface area (Å²) in [5.41, 5.74) is 3.30. The van der Waals surface area contributed by atoms with Crippen LogP contribution in [0.3, 0.4) is 0 Å². The molecule has 5 rings (SSSR count). The van der Waals surface area contributed by atoms with Crippen molar-refractivity contribution in [2.24, 2.45) is 0 Å². The average molecular weight is 399 g/mol. The summed E-state index contributed by atoms with van der Waals surface area (Å²) in [4.78, 5) is 7.18. The van der Waals surface area contributed by atoms with Crippen LogP contribution in [-0.4, -0.2) is 46.9 Å². The van der Waals surface area contributed by atoms with Gasteiger partial charge in [0.25, 0.3) is 0 Å². The number of hydrogen-bond donors (Lipinski definition) is 1. The lowest BCUT2D eigenvalue weighted by molar-refractivity contribution is 0.169. The Morgan fingerprint density at radius 2 is 1.86 bits per heavy atom. The van der Waals surface area contributed by atoms with E-state index in [0.717, 1.165) is 81.2 Å². The number of aromatic nitrogens is 3. The molecule has 2 aliphatic rings. The highest BCUT2D eigenvalue weighted by Crippen LogP contribution is 2.29. The summed E-state index contributed by atoms with van der Waals surface area (Å²) >= 11 is 0. The number of fused-ring (bicyclic) bond motifs is 2. The van der Waals surface area contributed by atoms with Gasteiger partial charge < -0.3 is 15.0 Å². The van der Waals surface area contributed by atoms with Gasteiger partial charge >= 0.3 is 0 Å². The third-order valence-electron chi connectivity index (χ3n) is 5.72. The molecule has 2 aromatic heterocycles. The van der Waals surface area contributed by atoms with Gasteiger partial charge in [-0.15, -0.1) is 0 Å². The molecule has 1 saturated heterocycles. The van der Waals surface area contributed by atoms with Gasteiger partial charge in [-0.1, -0.05) is 0 Å². The number of nitrogens with one attached hydrogen (secondary N) is 1. The van der Waals surface area contributed by atoms with Crippen LogP contribution in [0.25, 0.3) is 5.65 Å². The normalized spacial score (nSPS) is 17.9. The number of halogens is 2. The summed E-state index contributed by atoms with van der Waals surface area (Å²) < 4.78 is 34.4. The van der Waals surface area contributed by atoms with E-state index in [4.69, 9.17) is 9.72 Å². The van der Waals surface area contributed by atoms with Crippen molar-refractivity contribution in [3.8, 4) is 5.75 Å². The van der Waals surface area contributed by atoms with Crippen LogP contribution in [0.15, 0.2) is 30.5 Å². The third-order valence-corrected chi connectivity index (χ3v) is 5.72. The SMILES string of the molecule is Fc1ccc(OC2CCN(c3c4c(nc5ccnn35)CCNCC4)CC2)cc1F. The molecule has 1 N–H and O–H groups in total. The summed E-state index contributed by atoms with van der Waals surface area (Å²) in [5, 5.41) is 7.97. The smallest absolute Gasteiger partial charge is 0.162 e. The van der Waals surface area contributed by atoms with Gasteiger partial charge in [0, 0.05) is 56.6 Å². The lowest BCUT2D eigenvalue weighted by Gasteiger charge is -2.35. The fourth-order valence-electron chi connectivity index (χ4n) is 4.27. The number of rotatable bonds is 3. The molecule has 0 aliphatic carbocycles. The highest BCUT2D eigenvalue weighted by molar-refractivity contribution is 5.57. The van der Waals surface area contributed by atoms with Crippen molar-refractivity contribution >= 4 is 11.5 Å². The molecule has 0 bridgehead atoms. The minimum atomic E-state index is -0.880. The second-order valence-corrected chi connectivity index (χ2v) is 7.59. The molecule has 2 aliphatic heterocycles. The number of anilines is 1. The number of nitrogens with zero attached hydrogens (tertiary/aromatic N) is 4. The zero-order chi connectivity index (χ0) is 19.8. The molecule has 29 heavy (non-hydrogen) atoms. The van der Waals surface area contributed by atoms with Gasteiger partial charge in [-0.3, -0.25) is 0 Å². The van der Waals surface area contributed by atoms with Gasteiger partial charge in [0.15, 0.2) is 17.3 Å². The van der Waals surface area contributed by atoms with Gasteiger partial charge in [-0.25, -0.2) is 13.8 Å². The Kier molecular flexibility index (Phi) is 4.79. The fraction of sp³-hybridized carbons (Fsp3) is 0.429. The van der Waals surface area contributed by atoms with Crippen molar-refractivity contribution in [1.29, 1.82) is 0 Å². The Balaban J connectivity index is 1.36. The van der Waals surface area contributed by atoms with E-state index in [1.807, 2.05) is 10.6 Å². The standard InChI is InChI=1S/C21H23F2N5O/c22-17-2-1-15(13-18(17)23)29-14-6-11-27(12-7-14)21-16-3-8-24-9-4-19(16)26-20-5-10-25-28(20)21/h1-2,5,10,13-14,24H,3-4,6-9,11-12H2. The molecule has 0 saturated carbocycles. The maximum absolute atomic E-state index is 13.4. The van der Waals surface area contributed by atoms with E-state index in [1.165, 1.54) is 11.6 Å². The molecule has 0 atom stereocenters. The number of ether oxygens (including phenoxy) is 1. The molecule has 1 aromatic carbocycles. The fourth-order valence-corrected chi connectivity index (χ4v) is 4.27. The van der Waals surface area contributed by atoms with Crippen molar-refractivity contribution < 1.29 is 13.5 Å². The predicted molar refractivity (Wildman–Crippen MR) is 105 cm³/mol. The molecule has 0 spiro atoms. The minimum absolute atomic E-state index is 0.0219. The zero-order valence-corrected chi connectivity index (χ0v) is 16.1. The van der Waals surface area contributed by atoms with Crippen LogP contribution in [0.2, 0.25) is 0 Å². The Hall–Kier alpha value is -2.74. The zero-order valence-electron chi connectivity index (χ0n) is 16.1. The molecule has 0 radical (unpaired) electrons. The van der Waals surface area contributed by atoms with Crippen molar-refractivity contribution in [3.63, 3.8) is 0 Å². The van der Waals surface area contributed by atoms with E-state index in [1.54, 1.807) is 6.20 Å². The Morgan fingerprint density at radius 1 is 1.03 bits per heavy atom. The second kappa shape index (κ2) is 7.59. The summed E-state index contributed by atoms with van der Waals surface area (Å²) in [7, 11) is 0.